The SMILES string of the molecule is Cc1ncsc1CCNC1CC1c1ccccc1. The van der Waals surface area contributed by atoms with Gasteiger partial charge in [0.15, 0.2) is 0 Å². The van der Waals surface area contributed by atoms with Crippen LogP contribution in [0.15, 0.2) is 35.8 Å². The van der Waals surface area contributed by atoms with Gasteiger partial charge in [-0.2, -0.15) is 0 Å². The lowest BCUT2D eigenvalue weighted by Gasteiger charge is -2.03. The number of thiazole rings is 1. The maximum absolute atomic E-state index is 4.28. The third kappa shape index (κ3) is 2.62. The third-order valence-electron chi connectivity index (χ3n) is 3.62. The topological polar surface area (TPSA) is 24.9 Å². The molecule has 1 saturated carbocycles. The minimum atomic E-state index is 0.681. The van der Waals surface area contributed by atoms with Gasteiger partial charge in [0.1, 0.15) is 0 Å². The summed E-state index contributed by atoms with van der Waals surface area (Å²) in [5, 5.41) is 3.65. The standard InChI is InChI=1S/C15H18N2S/c1-11-15(18-10-17-11)7-8-16-14-9-13(14)12-5-3-2-4-6-12/h2-6,10,13-14,16H,7-9H2,1H3. The van der Waals surface area contributed by atoms with Gasteiger partial charge in [0.25, 0.3) is 0 Å². The van der Waals surface area contributed by atoms with Crippen molar-refractivity contribution in [2.75, 3.05) is 6.54 Å². The van der Waals surface area contributed by atoms with E-state index in [0.717, 1.165) is 18.9 Å². The van der Waals surface area contributed by atoms with Gasteiger partial charge in [0, 0.05) is 23.4 Å². The summed E-state index contributed by atoms with van der Waals surface area (Å²) < 4.78 is 0. The van der Waals surface area contributed by atoms with E-state index < -0.39 is 0 Å². The first-order chi connectivity index (χ1) is 8.84. The minimum absolute atomic E-state index is 0.681. The lowest BCUT2D eigenvalue weighted by Crippen LogP contribution is -2.20. The van der Waals surface area contributed by atoms with Gasteiger partial charge in [0.05, 0.1) is 11.2 Å². The Balaban J connectivity index is 1.45. The number of nitrogens with one attached hydrogen (secondary N) is 1. The molecule has 0 saturated heterocycles. The third-order valence-corrected chi connectivity index (χ3v) is 4.62. The molecule has 18 heavy (non-hydrogen) atoms. The van der Waals surface area contributed by atoms with Crippen molar-refractivity contribution in [3.05, 3.63) is 52.0 Å². The van der Waals surface area contributed by atoms with Crippen LogP contribution in [0.25, 0.3) is 0 Å². The van der Waals surface area contributed by atoms with Crippen LogP contribution in [0.1, 0.15) is 28.5 Å². The average molecular weight is 258 g/mol. The molecule has 1 aliphatic rings. The van der Waals surface area contributed by atoms with Gasteiger partial charge < -0.3 is 5.32 Å². The highest BCUT2D eigenvalue weighted by atomic mass is 32.1. The molecule has 2 unspecified atom stereocenters. The fourth-order valence-corrected chi connectivity index (χ4v) is 3.21. The quantitative estimate of drug-likeness (QED) is 0.891. The van der Waals surface area contributed by atoms with E-state index in [0.29, 0.717) is 6.04 Å². The lowest BCUT2D eigenvalue weighted by molar-refractivity contribution is 0.670. The summed E-state index contributed by atoms with van der Waals surface area (Å²) in [7, 11) is 0. The molecule has 1 aliphatic carbocycles. The maximum Gasteiger partial charge on any atom is 0.0797 e. The molecule has 1 N–H and O–H groups in total. The average Bonchev–Trinajstić information content (AvgIpc) is 3.07. The van der Waals surface area contributed by atoms with Gasteiger partial charge >= 0.3 is 0 Å². The second-order valence-corrected chi connectivity index (χ2v) is 5.86. The number of benzene rings is 1. The van der Waals surface area contributed by atoms with E-state index in [1.807, 2.05) is 5.51 Å². The Morgan fingerprint density at radius 3 is 2.89 bits per heavy atom. The van der Waals surface area contributed by atoms with Crippen molar-refractivity contribution in [1.82, 2.24) is 10.3 Å². The van der Waals surface area contributed by atoms with Crippen molar-refractivity contribution in [3.63, 3.8) is 0 Å². The summed E-state index contributed by atoms with van der Waals surface area (Å²) in [5.41, 5.74) is 4.61. The van der Waals surface area contributed by atoms with Crippen LogP contribution in [-0.4, -0.2) is 17.6 Å². The second kappa shape index (κ2) is 5.21. The molecule has 2 nitrogen and oxygen atoms in total. The van der Waals surface area contributed by atoms with Gasteiger partial charge in [-0.05, 0) is 25.3 Å². The van der Waals surface area contributed by atoms with E-state index in [9.17, 15) is 0 Å². The van der Waals surface area contributed by atoms with Crippen molar-refractivity contribution in [1.29, 1.82) is 0 Å². The van der Waals surface area contributed by atoms with Gasteiger partial charge in [0.2, 0.25) is 0 Å². The summed E-state index contributed by atoms with van der Waals surface area (Å²) in [4.78, 5) is 5.70. The zero-order valence-electron chi connectivity index (χ0n) is 10.6. The van der Waals surface area contributed by atoms with E-state index in [1.54, 1.807) is 11.3 Å². The molecule has 0 aliphatic heterocycles. The number of rotatable bonds is 5. The molecule has 1 heterocycles. The van der Waals surface area contributed by atoms with E-state index in [4.69, 9.17) is 0 Å². The Morgan fingerprint density at radius 1 is 1.33 bits per heavy atom. The van der Waals surface area contributed by atoms with Crippen LogP contribution < -0.4 is 5.32 Å². The van der Waals surface area contributed by atoms with E-state index >= 15 is 0 Å². The van der Waals surface area contributed by atoms with Crippen LogP contribution in [0, 0.1) is 6.92 Å². The van der Waals surface area contributed by atoms with Gasteiger partial charge in [-0.15, -0.1) is 11.3 Å². The Bertz CT molecular complexity index is 506. The van der Waals surface area contributed by atoms with Crippen molar-refractivity contribution >= 4 is 11.3 Å². The van der Waals surface area contributed by atoms with E-state index in [-0.39, 0.29) is 0 Å². The number of aromatic nitrogens is 1. The van der Waals surface area contributed by atoms with Gasteiger partial charge in [-0.25, -0.2) is 4.98 Å². The van der Waals surface area contributed by atoms with Crippen molar-refractivity contribution in [3.8, 4) is 0 Å². The first-order valence-electron chi connectivity index (χ1n) is 6.52. The fraction of sp³-hybridized carbons (Fsp3) is 0.400. The first-order valence-corrected chi connectivity index (χ1v) is 7.40. The predicted octanol–water partition coefficient (Wildman–Crippen LogP) is 3.14. The molecule has 94 valence electrons. The molecular formula is C15H18N2S. The van der Waals surface area contributed by atoms with Crippen molar-refractivity contribution in [2.45, 2.75) is 31.7 Å². The number of hydrogen-bond donors (Lipinski definition) is 1. The van der Waals surface area contributed by atoms with Gasteiger partial charge in [-0.1, -0.05) is 30.3 Å². The second-order valence-electron chi connectivity index (χ2n) is 4.92. The highest BCUT2D eigenvalue weighted by molar-refractivity contribution is 7.09. The van der Waals surface area contributed by atoms with Crippen LogP contribution in [0.5, 0.6) is 0 Å². The lowest BCUT2D eigenvalue weighted by atomic mass is 10.1. The summed E-state index contributed by atoms with van der Waals surface area (Å²) in [6.07, 6.45) is 2.39. The molecule has 0 bridgehead atoms. The summed E-state index contributed by atoms with van der Waals surface area (Å²) in [5.74, 6) is 0.730. The normalized spacial score (nSPS) is 22.1. The van der Waals surface area contributed by atoms with Crippen LogP contribution in [0.3, 0.4) is 0 Å². The van der Waals surface area contributed by atoms with E-state index in [1.165, 1.54) is 22.6 Å². The Hall–Kier alpha value is -1.19. The van der Waals surface area contributed by atoms with Crippen molar-refractivity contribution < 1.29 is 0 Å². The zero-order chi connectivity index (χ0) is 12.4. The van der Waals surface area contributed by atoms with Crippen LogP contribution in [0.4, 0.5) is 0 Å². The Morgan fingerprint density at radius 2 is 2.17 bits per heavy atom. The van der Waals surface area contributed by atoms with Crippen LogP contribution in [-0.2, 0) is 6.42 Å². The molecule has 1 aromatic carbocycles. The molecule has 1 aromatic heterocycles. The van der Waals surface area contributed by atoms with Gasteiger partial charge in [-0.3, -0.25) is 0 Å². The largest absolute Gasteiger partial charge is 0.313 e. The smallest absolute Gasteiger partial charge is 0.0797 e. The Kier molecular flexibility index (Phi) is 3.43. The molecular weight excluding hydrogens is 240 g/mol. The molecule has 0 spiro atoms. The molecule has 2 aromatic rings. The fourth-order valence-electron chi connectivity index (χ4n) is 2.43. The molecule has 3 rings (SSSR count). The van der Waals surface area contributed by atoms with E-state index in [2.05, 4.69) is 47.6 Å². The predicted molar refractivity (Wildman–Crippen MR) is 76.1 cm³/mol. The summed E-state index contributed by atoms with van der Waals surface area (Å²) in [6, 6.07) is 11.5. The summed E-state index contributed by atoms with van der Waals surface area (Å²) >= 11 is 1.77. The monoisotopic (exact) mass is 258 g/mol. The summed E-state index contributed by atoms with van der Waals surface area (Å²) in [6.45, 7) is 3.16. The first kappa shape index (κ1) is 11.9. The highest BCUT2D eigenvalue weighted by Crippen LogP contribution is 2.40. The Labute approximate surface area is 112 Å². The maximum atomic E-state index is 4.28. The minimum Gasteiger partial charge on any atom is -0.313 e. The molecule has 3 heteroatoms. The molecule has 1 fully saturated rings. The molecule has 2 atom stereocenters. The molecule has 0 amide bonds. The number of aryl methyl sites for hydroxylation is 1. The van der Waals surface area contributed by atoms with Crippen molar-refractivity contribution in [2.24, 2.45) is 0 Å². The molecule has 0 radical (unpaired) electrons. The number of nitrogens with zero attached hydrogens (tertiary/aromatic N) is 1. The van der Waals surface area contributed by atoms with Crippen LogP contribution in [0.2, 0.25) is 0 Å². The zero-order valence-corrected chi connectivity index (χ0v) is 11.4. The van der Waals surface area contributed by atoms with Crippen LogP contribution >= 0.6 is 11.3 Å². The highest BCUT2D eigenvalue weighted by Gasteiger charge is 2.37. The number of hydrogen-bond acceptors (Lipinski definition) is 3.